The minimum Gasteiger partial charge on any atom is -0.490 e. The van der Waals surface area contributed by atoms with Crippen LogP contribution in [0.15, 0.2) is 42.6 Å². The maximum Gasteiger partial charge on any atom is 0.419 e. The fourth-order valence-corrected chi connectivity index (χ4v) is 3.51. The Morgan fingerprint density at radius 3 is 2.53 bits per heavy atom. The summed E-state index contributed by atoms with van der Waals surface area (Å²) < 4.78 is 71.6. The Labute approximate surface area is 168 Å². The van der Waals surface area contributed by atoms with Gasteiger partial charge in [-0.1, -0.05) is 0 Å². The first-order valence-corrected chi connectivity index (χ1v) is 9.30. The fourth-order valence-electron chi connectivity index (χ4n) is 3.51. The van der Waals surface area contributed by atoms with Crippen molar-refractivity contribution in [3.63, 3.8) is 0 Å². The van der Waals surface area contributed by atoms with Gasteiger partial charge in [0.2, 0.25) is 0 Å². The van der Waals surface area contributed by atoms with Crippen molar-refractivity contribution < 1.29 is 26.7 Å². The van der Waals surface area contributed by atoms with E-state index in [4.69, 9.17) is 10.5 Å². The lowest BCUT2D eigenvalue weighted by Crippen LogP contribution is -2.46. The number of nitrogens with one attached hydrogen (secondary N) is 1. The molecule has 0 aliphatic heterocycles. The van der Waals surface area contributed by atoms with Gasteiger partial charge in [-0.05, 0) is 54.6 Å². The van der Waals surface area contributed by atoms with Gasteiger partial charge in [0.05, 0.1) is 5.56 Å². The highest BCUT2D eigenvalue weighted by Gasteiger charge is 2.35. The summed E-state index contributed by atoms with van der Waals surface area (Å²) in [6.45, 7) is 0.263. The molecule has 0 unspecified atom stereocenters. The summed E-state index contributed by atoms with van der Waals surface area (Å²) in [5, 5.41) is 4.67. The third-order valence-corrected chi connectivity index (χ3v) is 5.19. The summed E-state index contributed by atoms with van der Waals surface area (Å²) in [5.41, 5.74) is 4.83. The second-order valence-electron chi connectivity index (χ2n) is 7.28. The SMILES string of the molecule is Nc1cc2c(CNC3CC(Oc4ccc(F)c(C(F)(F)F)c4)C3)c(F)ccc2cn1. The van der Waals surface area contributed by atoms with E-state index in [1.807, 2.05) is 0 Å². The molecule has 3 N–H and O–H groups in total. The van der Waals surface area contributed by atoms with Crippen molar-refractivity contribution in [2.75, 3.05) is 5.73 Å². The first-order chi connectivity index (χ1) is 14.2. The number of hydrogen-bond donors (Lipinski definition) is 2. The summed E-state index contributed by atoms with van der Waals surface area (Å²) in [7, 11) is 0. The lowest BCUT2D eigenvalue weighted by molar-refractivity contribution is -0.140. The first kappa shape index (κ1) is 20.3. The largest absolute Gasteiger partial charge is 0.490 e. The zero-order valence-electron chi connectivity index (χ0n) is 15.6. The van der Waals surface area contributed by atoms with Crippen LogP contribution in [0.25, 0.3) is 10.8 Å². The van der Waals surface area contributed by atoms with Crippen molar-refractivity contribution in [1.82, 2.24) is 10.3 Å². The van der Waals surface area contributed by atoms with Crippen molar-refractivity contribution in [2.45, 2.75) is 37.7 Å². The smallest absolute Gasteiger partial charge is 0.419 e. The zero-order valence-corrected chi connectivity index (χ0v) is 15.6. The standard InChI is InChI=1S/C21H18F5N3O/c22-18-3-1-11-9-29-20(27)8-15(11)16(18)10-28-12-5-14(6-12)30-13-2-4-19(23)17(7-13)21(24,25)26/h1-4,7-9,12,14,28H,5-6,10H2,(H2,27,29). The van der Waals surface area contributed by atoms with Crippen LogP contribution in [-0.2, 0) is 12.7 Å². The second kappa shape index (κ2) is 7.71. The van der Waals surface area contributed by atoms with Crippen LogP contribution in [0, 0.1) is 11.6 Å². The van der Waals surface area contributed by atoms with Crippen LogP contribution in [0.3, 0.4) is 0 Å². The van der Waals surface area contributed by atoms with E-state index in [9.17, 15) is 22.0 Å². The molecule has 4 nitrogen and oxygen atoms in total. The number of alkyl halides is 3. The van der Waals surface area contributed by atoms with Crippen molar-refractivity contribution in [3.05, 3.63) is 65.4 Å². The van der Waals surface area contributed by atoms with Crippen molar-refractivity contribution >= 4 is 16.6 Å². The van der Waals surface area contributed by atoms with Crippen molar-refractivity contribution in [3.8, 4) is 5.75 Å². The molecule has 30 heavy (non-hydrogen) atoms. The van der Waals surface area contributed by atoms with Crippen LogP contribution < -0.4 is 15.8 Å². The quantitative estimate of drug-likeness (QED) is 0.578. The molecule has 3 aromatic rings. The number of aromatic nitrogens is 1. The Kier molecular flexibility index (Phi) is 5.23. The topological polar surface area (TPSA) is 60.2 Å². The summed E-state index contributed by atoms with van der Waals surface area (Å²) in [6, 6.07) is 7.23. The molecule has 1 heterocycles. The maximum absolute atomic E-state index is 14.3. The molecule has 0 spiro atoms. The minimum absolute atomic E-state index is 0.0198. The number of rotatable bonds is 5. The molecule has 0 amide bonds. The Hall–Kier alpha value is -2.94. The van der Waals surface area contributed by atoms with Gasteiger partial charge in [-0.15, -0.1) is 0 Å². The average molecular weight is 423 g/mol. The highest BCUT2D eigenvalue weighted by Crippen LogP contribution is 2.35. The summed E-state index contributed by atoms with van der Waals surface area (Å²) >= 11 is 0. The van der Waals surface area contributed by atoms with Gasteiger partial charge < -0.3 is 15.8 Å². The number of anilines is 1. The van der Waals surface area contributed by atoms with Gasteiger partial charge in [0.25, 0.3) is 0 Å². The molecule has 9 heteroatoms. The number of fused-ring (bicyclic) bond motifs is 1. The van der Waals surface area contributed by atoms with E-state index >= 15 is 0 Å². The Bertz CT molecular complexity index is 1070. The summed E-state index contributed by atoms with van der Waals surface area (Å²) in [6.07, 6.45) is -2.43. The van der Waals surface area contributed by atoms with Crippen LogP contribution >= 0.6 is 0 Å². The van der Waals surface area contributed by atoms with Gasteiger partial charge in [0, 0.05) is 29.7 Å². The van der Waals surface area contributed by atoms with Gasteiger partial charge in [-0.25, -0.2) is 13.8 Å². The van der Waals surface area contributed by atoms with E-state index in [2.05, 4.69) is 10.3 Å². The van der Waals surface area contributed by atoms with Crippen LogP contribution in [0.5, 0.6) is 5.75 Å². The van der Waals surface area contributed by atoms with Gasteiger partial charge in [-0.3, -0.25) is 0 Å². The number of nitrogen functional groups attached to an aromatic ring is 1. The highest BCUT2D eigenvalue weighted by molar-refractivity contribution is 5.87. The molecule has 1 saturated carbocycles. The van der Waals surface area contributed by atoms with Crippen molar-refractivity contribution in [1.29, 1.82) is 0 Å². The first-order valence-electron chi connectivity index (χ1n) is 9.30. The van der Waals surface area contributed by atoms with Gasteiger partial charge in [0.1, 0.15) is 29.3 Å². The predicted octanol–water partition coefficient (Wildman–Crippen LogP) is 4.81. The lowest BCUT2D eigenvalue weighted by atomic mass is 9.89. The lowest BCUT2D eigenvalue weighted by Gasteiger charge is -2.36. The predicted molar refractivity (Wildman–Crippen MR) is 102 cm³/mol. The van der Waals surface area contributed by atoms with E-state index < -0.39 is 17.6 Å². The van der Waals surface area contributed by atoms with Gasteiger partial charge in [0.15, 0.2) is 0 Å². The fraction of sp³-hybridized carbons (Fsp3) is 0.286. The highest BCUT2D eigenvalue weighted by atomic mass is 19.4. The molecule has 1 fully saturated rings. The van der Waals surface area contributed by atoms with E-state index in [0.29, 0.717) is 35.7 Å². The number of nitrogens with two attached hydrogens (primary N) is 1. The third kappa shape index (κ3) is 4.16. The molecule has 0 bridgehead atoms. The van der Waals surface area contributed by atoms with Crippen LogP contribution in [-0.4, -0.2) is 17.1 Å². The number of ether oxygens (including phenoxy) is 1. The molecule has 4 rings (SSSR count). The molecule has 0 atom stereocenters. The molecule has 1 aliphatic carbocycles. The summed E-state index contributed by atoms with van der Waals surface area (Å²) in [5.74, 6) is -1.44. The molecule has 2 aromatic carbocycles. The average Bonchev–Trinajstić information content (AvgIpc) is 2.65. The molecule has 0 saturated heterocycles. The maximum atomic E-state index is 14.3. The number of pyridine rings is 1. The second-order valence-corrected chi connectivity index (χ2v) is 7.28. The van der Waals surface area contributed by atoms with Crippen molar-refractivity contribution in [2.24, 2.45) is 0 Å². The number of hydrogen-bond acceptors (Lipinski definition) is 4. The van der Waals surface area contributed by atoms with E-state index in [-0.39, 0.29) is 30.3 Å². The molecule has 158 valence electrons. The Balaban J connectivity index is 1.36. The van der Waals surface area contributed by atoms with Crippen LogP contribution in [0.4, 0.5) is 27.8 Å². The van der Waals surface area contributed by atoms with Crippen LogP contribution in [0.2, 0.25) is 0 Å². The van der Waals surface area contributed by atoms with Gasteiger partial charge >= 0.3 is 6.18 Å². The van der Waals surface area contributed by atoms with Crippen LogP contribution in [0.1, 0.15) is 24.0 Å². The number of halogens is 5. The molecule has 1 aromatic heterocycles. The summed E-state index contributed by atoms with van der Waals surface area (Å²) in [4.78, 5) is 4.00. The number of nitrogens with zero attached hydrogens (tertiary/aromatic N) is 1. The molecule has 0 radical (unpaired) electrons. The molecule has 1 aliphatic rings. The zero-order chi connectivity index (χ0) is 21.5. The van der Waals surface area contributed by atoms with E-state index in [1.54, 1.807) is 18.3 Å². The monoisotopic (exact) mass is 423 g/mol. The van der Waals surface area contributed by atoms with Gasteiger partial charge in [-0.2, -0.15) is 13.2 Å². The molecular weight excluding hydrogens is 405 g/mol. The Morgan fingerprint density at radius 1 is 1.07 bits per heavy atom. The molecular formula is C21H18F5N3O. The Morgan fingerprint density at radius 2 is 1.80 bits per heavy atom. The van der Waals surface area contributed by atoms with E-state index in [1.165, 1.54) is 12.1 Å². The third-order valence-electron chi connectivity index (χ3n) is 5.19. The number of benzene rings is 2. The normalized spacial score (nSPS) is 19.0. The van der Waals surface area contributed by atoms with E-state index in [0.717, 1.165) is 11.5 Å². The minimum atomic E-state index is -4.78.